The predicted molar refractivity (Wildman–Crippen MR) is 122 cm³/mol. The van der Waals surface area contributed by atoms with Crippen molar-refractivity contribution in [1.82, 2.24) is 14.3 Å². The van der Waals surface area contributed by atoms with Crippen molar-refractivity contribution in [3.05, 3.63) is 108 Å². The van der Waals surface area contributed by atoms with Gasteiger partial charge < -0.3 is 4.74 Å². The average Bonchev–Trinajstić information content (AvgIpc) is 2.82. The Morgan fingerprint density at radius 2 is 1.47 bits per heavy atom. The zero-order valence-electron chi connectivity index (χ0n) is 17.1. The molecule has 0 saturated heterocycles. The first-order valence-corrected chi connectivity index (χ1v) is 11.4. The van der Waals surface area contributed by atoms with E-state index in [1.165, 1.54) is 29.1 Å². The normalized spacial score (nSPS) is 11.2. The van der Waals surface area contributed by atoms with E-state index in [-0.39, 0.29) is 23.5 Å². The molecule has 0 spiro atoms. The number of ether oxygens (including phenoxy) is 1. The molecular weight excluding hydrogens is 426 g/mol. The van der Waals surface area contributed by atoms with Crippen LogP contribution in [-0.4, -0.2) is 24.5 Å². The number of nitrogens with zero attached hydrogens (tertiary/aromatic N) is 2. The Bertz CT molecular complexity index is 1340. The van der Waals surface area contributed by atoms with Crippen LogP contribution in [0.4, 0.5) is 0 Å². The van der Waals surface area contributed by atoms with Gasteiger partial charge in [-0.3, -0.25) is 9.36 Å². The van der Waals surface area contributed by atoms with Crippen molar-refractivity contribution in [2.75, 3.05) is 6.54 Å². The van der Waals surface area contributed by atoms with E-state index in [0.29, 0.717) is 17.2 Å². The van der Waals surface area contributed by atoms with Crippen LogP contribution in [0.1, 0.15) is 0 Å². The molecule has 1 heterocycles. The summed E-state index contributed by atoms with van der Waals surface area (Å²) in [4.78, 5) is 16.8. The molecule has 1 N–H and O–H groups in total. The van der Waals surface area contributed by atoms with Gasteiger partial charge in [0.25, 0.3) is 5.56 Å². The number of aromatic nitrogens is 2. The fourth-order valence-corrected chi connectivity index (χ4v) is 4.08. The quantitative estimate of drug-likeness (QED) is 0.445. The van der Waals surface area contributed by atoms with Crippen molar-refractivity contribution in [3.63, 3.8) is 0 Å². The Balaban J connectivity index is 1.36. The second kappa shape index (κ2) is 9.59. The van der Waals surface area contributed by atoms with Crippen LogP contribution < -0.4 is 15.0 Å². The zero-order chi connectivity index (χ0) is 22.4. The second-order valence-electron chi connectivity index (χ2n) is 6.96. The van der Waals surface area contributed by atoms with Gasteiger partial charge in [-0.05, 0) is 36.4 Å². The van der Waals surface area contributed by atoms with E-state index in [2.05, 4.69) is 9.71 Å². The maximum atomic E-state index is 12.6. The lowest BCUT2D eigenvalue weighted by Crippen LogP contribution is -2.30. The first-order chi connectivity index (χ1) is 15.5. The van der Waals surface area contributed by atoms with Gasteiger partial charge in [-0.2, -0.15) is 0 Å². The number of benzene rings is 3. The van der Waals surface area contributed by atoms with Crippen molar-refractivity contribution in [1.29, 1.82) is 0 Å². The molecule has 0 atom stereocenters. The second-order valence-corrected chi connectivity index (χ2v) is 8.72. The van der Waals surface area contributed by atoms with Crippen LogP contribution in [0.5, 0.6) is 11.5 Å². The maximum Gasteiger partial charge on any atom is 0.253 e. The van der Waals surface area contributed by atoms with E-state index in [1.54, 1.807) is 12.1 Å². The van der Waals surface area contributed by atoms with Gasteiger partial charge in [-0.15, -0.1) is 0 Å². The highest BCUT2D eigenvalue weighted by Crippen LogP contribution is 2.22. The smallest absolute Gasteiger partial charge is 0.253 e. The first kappa shape index (κ1) is 21.5. The Morgan fingerprint density at radius 1 is 0.844 bits per heavy atom. The highest BCUT2D eigenvalue weighted by atomic mass is 32.2. The lowest BCUT2D eigenvalue weighted by Gasteiger charge is -2.10. The third-order valence-corrected chi connectivity index (χ3v) is 6.18. The van der Waals surface area contributed by atoms with Gasteiger partial charge in [-0.25, -0.2) is 18.1 Å². The topological polar surface area (TPSA) is 90.3 Å². The third kappa shape index (κ3) is 5.29. The standard InChI is InChI=1S/C24H21N3O4S/c28-24-17-23(19-7-3-1-4-8-19)25-18-27(24)16-15-26-32(29,30)22-13-11-21(12-14-22)31-20-9-5-2-6-10-20/h1-14,17-18,26H,15-16H2. The summed E-state index contributed by atoms with van der Waals surface area (Å²) < 4.78 is 34.7. The number of rotatable bonds is 8. The molecule has 0 aliphatic carbocycles. The van der Waals surface area contributed by atoms with E-state index in [1.807, 2.05) is 60.7 Å². The molecule has 162 valence electrons. The van der Waals surface area contributed by atoms with Gasteiger partial charge in [0.1, 0.15) is 11.5 Å². The summed E-state index contributed by atoms with van der Waals surface area (Å²) in [5, 5.41) is 0. The van der Waals surface area contributed by atoms with Gasteiger partial charge in [0.15, 0.2) is 0 Å². The van der Waals surface area contributed by atoms with Crippen LogP contribution in [-0.2, 0) is 16.6 Å². The number of para-hydroxylation sites is 1. The molecule has 0 aliphatic rings. The fraction of sp³-hybridized carbons (Fsp3) is 0.0833. The van der Waals surface area contributed by atoms with Gasteiger partial charge in [0, 0.05) is 24.7 Å². The molecule has 0 fully saturated rings. The lowest BCUT2D eigenvalue weighted by molar-refractivity contribution is 0.482. The van der Waals surface area contributed by atoms with E-state index in [9.17, 15) is 13.2 Å². The number of nitrogens with one attached hydrogen (secondary N) is 1. The predicted octanol–water partition coefficient (Wildman–Crippen LogP) is 3.68. The maximum absolute atomic E-state index is 12.6. The monoisotopic (exact) mass is 447 g/mol. The summed E-state index contributed by atoms with van der Waals surface area (Å²) in [5.41, 5.74) is 1.17. The van der Waals surface area contributed by atoms with Gasteiger partial charge >= 0.3 is 0 Å². The molecule has 0 unspecified atom stereocenters. The van der Waals surface area contributed by atoms with Gasteiger partial charge in [0.2, 0.25) is 10.0 Å². The number of hydrogen-bond donors (Lipinski definition) is 1. The molecule has 4 rings (SSSR count). The minimum Gasteiger partial charge on any atom is -0.457 e. The molecule has 0 aliphatic heterocycles. The Labute approximate surface area is 186 Å². The summed E-state index contributed by atoms with van der Waals surface area (Å²) in [6, 6.07) is 26.2. The summed E-state index contributed by atoms with van der Waals surface area (Å²) in [6.07, 6.45) is 1.43. The van der Waals surface area contributed by atoms with Crippen molar-refractivity contribution < 1.29 is 13.2 Å². The fourth-order valence-electron chi connectivity index (χ4n) is 3.06. The van der Waals surface area contributed by atoms with Crippen molar-refractivity contribution in [2.24, 2.45) is 0 Å². The average molecular weight is 448 g/mol. The molecule has 0 amide bonds. The van der Waals surface area contributed by atoms with E-state index < -0.39 is 10.0 Å². The highest BCUT2D eigenvalue weighted by Gasteiger charge is 2.14. The molecule has 4 aromatic rings. The van der Waals surface area contributed by atoms with E-state index in [4.69, 9.17) is 4.74 Å². The van der Waals surface area contributed by atoms with Crippen molar-refractivity contribution >= 4 is 10.0 Å². The Hall–Kier alpha value is -3.75. The molecule has 0 radical (unpaired) electrons. The lowest BCUT2D eigenvalue weighted by atomic mass is 10.1. The first-order valence-electron chi connectivity index (χ1n) is 9.96. The van der Waals surface area contributed by atoms with E-state index in [0.717, 1.165) is 5.56 Å². The summed E-state index contributed by atoms with van der Waals surface area (Å²) in [7, 11) is -3.73. The number of sulfonamides is 1. The van der Waals surface area contributed by atoms with Crippen LogP contribution in [0.25, 0.3) is 11.3 Å². The third-order valence-electron chi connectivity index (χ3n) is 4.71. The SMILES string of the molecule is O=c1cc(-c2ccccc2)ncn1CCNS(=O)(=O)c1ccc(Oc2ccccc2)cc1. The number of hydrogen-bond acceptors (Lipinski definition) is 5. The molecule has 8 heteroatoms. The summed E-state index contributed by atoms with van der Waals surface area (Å²) in [5.74, 6) is 1.20. The Kier molecular flexibility index (Phi) is 6.44. The van der Waals surface area contributed by atoms with Crippen LogP contribution in [0.2, 0.25) is 0 Å². The van der Waals surface area contributed by atoms with E-state index >= 15 is 0 Å². The minimum atomic E-state index is -3.73. The summed E-state index contributed by atoms with van der Waals surface area (Å²) in [6.45, 7) is 0.214. The van der Waals surface area contributed by atoms with Gasteiger partial charge in [0.05, 0.1) is 16.9 Å². The largest absolute Gasteiger partial charge is 0.457 e. The van der Waals surface area contributed by atoms with Crippen LogP contribution in [0.3, 0.4) is 0 Å². The molecule has 0 saturated carbocycles. The van der Waals surface area contributed by atoms with Crippen molar-refractivity contribution in [2.45, 2.75) is 11.4 Å². The molecule has 1 aromatic heterocycles. The highest BCUT2D eigenvalue weighted by molar-refractivity contribution is 7.89. The molecule has 0 bridgehead atoms. The molecule has 3 aromatic carbocycles. The molecular formula is C24H21N3O4S. The van der Waals surface area contributed by atoms with Gasteiger partial charge in [-0.1, -0.05) is 48.5 Å². The van der Waals surface area contributed by atoms with Crippen molar-refractivity contribution in [3.8, 4) is 22.8 Å². The Morgan fingerprint density at radius 3 is 2.12 bits per heavy atom. The minimum absolute atomic E-state index is 0.0525. The molecule has 32 heavy (non-hydrogen) atoms. The zero-order valence-corrected chi connectivity index (χ0v) is 17.9. The molecule has 7 nitrogen and oxygen atoms in total. The van der Waals surface area contributed by atoms with Crippen LogP contribution in [0, 0.1) is 0 Å². The van der Waals surface area contributed by atoms with Crippen LogP contribution >= 0.6 is 0 Å². The van der Waals surface area contributed by atoms with Crippen LogP contribution in [0.15, 0.2) is 107 Å². The summed E-state index contributed by atoms with van der Waals surface area (Å²) >= 11 is 0.